The number of nitro benzene ring substituents is 1. The molecule has 0 aliphatic carbocycles. The van der Waals surface area contributed by atoms with Crippen molar-refractivity contribution in [1.29, 1.82) is 0 Å². The zero-order chi connectivity index (χ0) is 17.5. The predicted molar refractivity (Wildman–Crippen MR) is 82.3 cm³/mol. The molecule has 126 valence electrons. The zero-order valence-electron chi connectivity index (χ0n) is 13.1. The van der Waals surface area contributed by atoms with Crippen molar-refractivity contribution in [3.8, 4) is 5.75 Å². The first-order chi connectivity index (χ1) is 10.8. The fraction of sp³-hybridized carbons (Fsp3) is 0.467. The molecule has 0 saturated carbocycles. The molecule has 0 saturated heterocycles. The standard InChI is InChI=1S/C15H20N2O6/c1-3-15(4-2,9-14(19)20)16-13(18)10-23-12-8-6-5-7-11(12)17(21)22/h5-8H,3-4,9-10H2,1-2H3,(H,16,18)(H,19,20). The normalized spacial score (nSPS) is 10.9. The monoisotopic (exact) mass is 324 g/mol. The number of hydrogen-bond donors (Lipinski definition) is 2. The summed E-state index contributed by atoms with van der Waals surface area (Å²) in [5, 5.41) is 22.5. The van der Waals surface area contributed by atoms with Crippen molar-refractivity contribution >= 4 is 17.6 Å². The molecule has 1 aromatic carbocycles. The SMILES string of the molecule is CCC(CC)(CC(=O)O)NC(=O)COc1ccccc1[N+](=O)[O-]. The van der Waals surface area contributed by atoms with Gasteiger partial charge in [-0.3, -0.25) is 19.7 Å². The van der Waals surface area contributed by atoms with E-state index >= 15 is 0 Å². The Balaban J connectivity index is 2.73. The summed E-state index contributed by atoms with van der Waals surface area (Å²) in [4.78, 5) is 33.2. The highest BCUT2D eigenvalue weighted by atomic mass is 16.6. The number of rotatable bonds is 9. The molecule has 0 heterocycles. The summed E-state index contributed by atoms with van der Waals surface area (Å²) < 4.78 is 5.20. The van der Waals surface area contributed by atoms with E-state index in [4.69, 9.17) is 9.84 Å². The summed E-state index contributed by atoms with van der Waals surface area (Å²) >= 11 is 0. The van der Waals surface area contributed by atoms with Gasteiger partial charge in [0.25, 0.3) is 5.91 Å². The number of carboxylic acid groups (broad SMARTS) is 1. The summed E-state index contributed by atoms with van der Waals surface area (Å²) in [6, 6.07) is 5.74. The van der Waals surface area contributed by atoms with Crippen LogP contribution in [0, 0.1) is 10.1 Å². The fourth-order valence-corrected chi connectivity index (χ4v) is 2.22. The van der Waals surface area contributed by atoms with E-state index in [2.05, 4.69) is 5.32 Å². The van der Waals surface area contributed by atoms with Gasteiger partial charge in [0.15, 0.2) is 12.4 Å². The number of carbonyl (C=O) groups excluding carboxylic acids is 1. The van der Waals surface area contributed by atoms with Crippen LogP contribution in [0.1, 0.15) is 33.1 Å². The molecule has 1 aromatic rings. The third-order valence-electron chi connectivity index (χ3n) is 3.67. The van der Waals surface area contributed by atoms with Crippen molar-refractivity contribution < 1.29 is 24.4 Å². The quantitative estimate of drug-likeness (QED) is 0.530. The number of hydrogen-bond acceptors (Lipinski definition) is 5. The molecule has 0 unspecified atom stereocenters. The molecule has 1 amide bonds. The third kappa shape index (κ3) is 5.24. The Kier molecular flexibility index (Phi) is 6.49. The maximum Gasteiger partial charge on any atom is 0.310 e. The van der Waals surface area contributed by atoms with Gasteiger partial charge in [0.05, 0.1) is 16.9 Å². The highest BCUT2D eigenvalue weighted by Crippen LogP contribution is 2.26. The molecular formula is C15H20N2O6. The zero-order valence-corrected chi connectivity index (χ0v) is 13.1. The van der Waals surface area contributed by atoms with E-state index in [-0.39, 0.29) is 17.9 Å². The molecule has 0 aliphatic rings. The number of benzene rings is 1. The molecule has 0 aromatic heterocycles. The highest BCUT2D eigenvalue weighted by Gasteiger charge is 2.31. The average Bonchev–Trinajstić information content (AvgIpc) is 2.51. The van der Waals surface area contributed by atoms with E-state index in [0.717, 1.165) is 0 Å². The molecule has 0 aliphatic heterocycles. The first-order valence-corrected chi connectivity index (χ1v) is 7.22. The molecule has 0 bridgehead atoms. The van der Waals surface area contributed by atoms with Crippen molar-refractivity contribution in [3.63, 3.8) is 0 Å². The lowest BCUT2D eigenvalue weighted by Gasteiger charge is -2.31. The molecule has 0 spiro atoms. The lowest BCUT2D eigenvalue weighted by atomic mass is 9.89. The van der Waals surface area contributed by atoms with Crippen molar-refractivity contribution in [2.45, 2.75) is 38.6 Å². The van der Waals surface area contributed by atoms with Crippen LogP contribution in [0.4, 0.5) is 5.69 Å². The van der Waals surface area contributed by atoms with Gasteiger partial charge in [-0.25, -0.2) is 0 Å². The fourth-order valence-electron chi connectivity index (χ4n) is 2.22. The molecule has 8 nitrogen and oxygen atoms in total. The van der Waals surface area contributed by atoms with Gasteiger partial charge in [-0.15, -0.1) is 0 Å². The first-order valence-electron chi connectivity index (χ1n) is 7.22. The van der Waals surface area contributed by atoms with E-state index in [1.54, 1.807) is 19.9 Å². The Bertz CT molecular complexity index is 583. The van der Waals surface area contributed by atoms with Crippen LogP contribution in [0.5, 0.6) is 5.75 Å². The van der Waals surface area contributed by atoms with E-state index in [1.807, 2.05) is 0 Å². The van der Waals surface area contributed by atoms with E-state index in [1.165, 1.54) is 18.2 Å². The van der Waals surface area contributed by atoms with Gasteiger partial charge in [-0.05, 0) is 18.9 Å². The predicted octanol–water partition coefficient (Wildman–Crippen LogP) is 2.12. The second kappa shape index (κ2) is 8.11. The summed E-state index contributed by atoms with van der Waals surface area (Å²) in [5.74, 6) is -1.54. The van der Waals surface area contributed by atoms with Crippen LogP contribution in [0.15, 0.2) is 24.3 Å². The van der Waals surface area contributed by atoms with Crippen molar-refractivity contribution in [2.24, 2.45) is 0 Å². The first kappa shape index (κ1) is 18.4. The number of ether oxygens (including phenoxy) is 1. The number of aliphatic carboxylic acids is 1. The number of carboxylic acids is 1. The molecule has 8 heteroatoms. The summed E-state index contributed by atoms with van der Waals surface area (Å²) in [6.45, 7) is 3.15. The van der Waals surface area contributed by atoms with E-state index in [0.29, 0.717) is 12.8 Å². The van der Waals surface area contributed by atoms with Crippen LogP contribution >= 0.6 is 0 Å². The Morgan fingerprint density at radius 1 is 1.30 bits per heavy atom. The maximum absolute atomic E-state index is 12.0. The molecule has 0 fully saturated rings. The molecule has 1 rings (SSSR count). The Labute approximate surface area is 133 Å². The van der Waals surface area contributed by atoms with Gasteiger partial charge in [0.2, 0.25) is 0 Å². The van der Waals surface area contributed by atoms with Gasteiger partial charge in [-0.1, -0.05) is 26.0 Å². The highest BCUT2D eigenvalue weighted by molar-refractivity contribution is 5.79. The largest absolute Gasteiger partial charge is 0.481 e. The molecule has 0 radical (unpaired) electrons. The van der Waals surface area contributed by atoms with Crippen LogP contribution in [0.25, 0.3) is 0 Å². The van der Waals surface area contributed by atoms with Gasteiger partial charge in [0.1, 0.15) is 0 Å². The lowest BCUT2D eigenvalue weighted by Crippen LogP contribution is -2.50. The second-order valence-electron chi connectivity index (χ2n) is 5.12. The molecule has 0 atom stereocenters. The van der Waals surface area contributed by atoms with Crippen LogP contribution in [-0.4, -0.2) is 34.1 Å². The number of carbonyl (C=O) groups is 2. The minimum Gasteiger partial charge on any atom is -0.481 e. The molecule has 23 heavy (non-hydrogen) atoms. The minimum absolute atomic E-state index is 0.00974. The van der Waals surface area contributed by atoms with Crippen molar-refractivity contribution in [3.05, 3.63) is 34.4 Å². The van der Waals surface area contributed by atoms with Crippen LogP contribution in [-0.2, 0) is 9.59 Å². The number of nitrogens with zero attached hydrogens (tertiary/aromatic N) is 1. The van der Waals surface area contributed by atoms with Gasteiger partial charge >= 0.3 is 11.7 Å². The summed E-state index contributed by atoms with van der Waals surface area (Å²) in [6.07, 6.45) is 0.706. The van der Waals surface area contributed by atoms with Crippen molar-refractivity contribution in [2.75, 3.05) is 6.61 Å². The number of nitrogens with one attached hydrogen (secondary N) is 1. The number of amides is 1. The number of para-hydroxylation sites is 2. The van der Waals surface area contributed by atoms with Crippen LogP contribution in [0.2, 0.25) is 0 Å². The number of nitro groups is 1. The van der Waals surface area contributed by atoms with Crippen LogP contribution in [0.3, 0.4) is 0 Å². The Hall–Kier alpha value is -2.64. The smallest absolute Gasteiger partial charge is 0.310 e. The van der Waals surface area contributed by atoms with E-state index < -0.39 is 28.9 Å². The van der Waals surface area contributed by atoms with Gasteiger partial charge in [-0.2, -0.15) is 0 Å². The molecular weight excluding hydrogens is 304 g/mol. The molecule has 2 N–H and O–H groups in total. The van der Waals surface area contributed by atoms with Gasteiger partial charge in [0, 0.05) is 6.07 Å². The summed E-state index contributed by atoms with van der Waals surface area (Å²) in [5.41, 5.74) is -1.09. The van der Waals surface area contributed by atoms with Gasteiger partial charge < -0.3 is 15.2 Å². The minimum atomic E-state index is -1.01. The summed E-state index contributed by atoms with van der Waals surface area (Å²) in [7, 11) is 0. The van der Waals surface area contributed by atoms with Crippen molar-refractivity contribution in [1.82, 2.24) is 5.32 Å². The topological polar surface area (TPSA) is 119 Å². The maximum atomic E-state index is 12.0. The Morgan fingerprint density at radius 3 is 2.43 bits per heavy atom. The average molecular weight is 324 g/mol. The van der Waals surface area contributed by atoms with E-state index in [9.17, 15) is 19.7 Å². The third-order valence-corrected chi connectivity index (χ3v) is 3.67. The van der Waals surface area contributed by atoms with Crippen LogP contribution < -0.4 is 10.1 Å². The second-order valence-corrected chi connectivity index (χ2v) is 5.12. The lowest BCUT2D eigenvalue weighted by molar-refractivity contribution is -0.385. The Morgan fingerprint density at radius 2 is 1.91 bits per heavy atom.